The smallest absolute Gasteiger partial charge is 0.323 e. The van der Waals surface area contributed by atoms with Crippen molar-refractivity contribution in [3.63, 3.8) is 0 Å². The minimum atomic E-state index is -0.268. The predicted molar refractivity (Wildman–Crippen MR) is 69.5 cm³/mol. The van der Waals surface area contributed by atoms with Gasteiger partial charge in [0.25, 0.3) is 0 Å². The van der Waals surface area contributed by atoms with Crippen LogP contribution in [-0.2, 0) is 9.53 Å². The SMILES string of the molecule is O=C1OCCC1NC(c1ccccc1)c1ccco1. The van der Waals surface area contributed by atoms with Crippen molar-refractivity contribution in [2.45, 2.75) is 18.5 Å². The van der Waals surface area contributed by atoms with E-state index in [1.54, 1.807) is 6.26 Å². The van der Waals surface area contributed by atoms with Crippen LogP contribution in [0.3, 0.4) is 0 Å². The molecule has 4 nitrogen and oxygen atoms in total. The molecule has 2 atom stereocenters. The number of benzene rings is 1. The van der Waals surface area contributed by atoms with E-state index in [0.29, 0.717) is 13.0 Å². The predicted octanol–water partition coefficient (Wildman–Crippen LogP) is 2.27. The molecule has 0 aliphatic carbocycles. The topological polar surface area (TPSA) is 51.5 Å². The number of nitrogens with one attached hydrogen (secondary N) is 1. The van der Waals surface area contributed by atoms with Gasteiger partial charge in [-0.25, -0.2) is 0 Å². The van der Waals surface area contributed by atoms with Crippen LogP contribution in [0.4, 0.5) is 0 Å². The van der Waals surface area contributed by atoms with Crippen LogP contribution in [0.1, 0.15) is 23.8 Å². The molecule has 2 heterocycles. The van der Waals surface area contributed by atoms with Crippen LogP contribution < -0.4 is 5.32 Å². The van der Waals surface area contributed by atoms with Gasteiger partial charge in [0.2, 0.25) is 0 Å². The lowest BCUT2D eigenvalue weighted by molar-refractivity contribution is -0.139. The summed E-state index contributed by atoms with van der Waals surface area (Å²) in [4.78, 5) is 11.6. The lowest BCUT2D eigenvalue weighted by Gasteiger charge is -2.19. The molecule has 1 aromatic heterocycles. The van der Waals surface area contributed by atoms with Gasteiger partial charge in [-0.3, -0.25) is 10.1 Å². The number of hydrogen-bond donors (Lipinski definition) is 1. The molecular formula is C15H15NO3. The van der Waals surface area contributed by atoms with Gasteiger partial charge in [0.15, 0.2) is 0 Å². The van der Waals surface area contributed by atoms with Crippen LogP contribution in [0.5, 0.6) is 0 Å². The Balaban J connectivity index is 1.87. The summed E-state index contributed by atoms with van der Waals surface area (Å²) in [5, 5.41) is 3.32. The van der Waals surface area contributed by atoms with Gasteiger partial charge in [-0.2, -0.15) is 0 Å². The number of esters is 1. The van der Waals surface area contributed by atoms with Crippen molar-refractivity contribution in [1.29, 1.82) is 0 Å². The molecule has 0 radical (unpaired) electrons. The second-order valence-corrected chi connectivity index (χ2v) is 4.53. The van der Waals surface area contributed by atoms with Crippen molar-refractivity contribution >= 4 is 5.97 Å². The normalized spacial score (nSPS) is 20.2. The van der Waals surface area contributed by atoms with Crippen LogP contribution in [0.2, 0.25) is 0 Å². The van der Waals surface area contributed by atoms with Gasteiger partial charge in [-0.05, 0) is 17.7 Å². The quantitative estimate of drug-likeness (QED) is 0.854. The van der Waals surface area contributed by atoms with Gasteiger partial charge in [0.05, 0.1) is 18.9 Å². The van der Waals surface area contributed by atoms with Crippen LogP contribution >= 0.6 is 0 Å². The summed E-state index contributed by atoms with van der Waals surface area (Å²) in [6.07, 6.45) is 2.34. The summed E-state index contributed by atoms with van der Waals surface area (Å²) >= 11 is 0. The van der Waals surface area contributed by atoms with E-state index in [1.165, 1.54) is 0 Å². The molecule has 0 bridgehead atoms. The molecule has 1 saturated heterocycles. The molecule has 1 aliphatic rings. The fourth-order valence-corrected chi connectivity index (χ4v) is 2.29. The minimum Gasteiger partial charge on any atom is -0.467 e. The van der Waals surface area contributed by atoms with Gasteiger partial charge in [0, 0.05) is 6.42 Å². The molecule has 1 aliphatic heterocycles. The zero-order chi connectivity index (χ0) is 13.1. The van der Waals surface area contributed by atoms with Crippen LogP contribution in [0.15, 0.2) is 53.1 Å². The largest absolute Gasteiger partial charge is 0.467 e. The molecule has 19 heavy (non-hydrogen) atoms. The van der Waals surface area contributed by atoms with Crippen molar-refractivity contribution in [3.05, 3.63) is 60.1 Å². The Morgan fingerprint density at radius 3 is 2.63 bits per heavy atom. The number of furan rings is 1. The molecule has 2 unspecified atom stereocenters. The fourth-order valence-electron chi connectivity index (χ4n) is 2.29. The van der Waals surface area contributed by atoms with Crippen molar-refractivity contribution in [3.8, 4) is 0 Å². The van der Waals surface area contributed by atoms with Gasteiger partial charge < -0.3 is 9.15 Å². The molecule has 0 saturated carbocycles. The third-order valence-electron chi connectivity index (χ3n) is 3.26. The first-order valence-electron chi connectivity index (χ1n) is 6.35. The van der Waals surface area contributed by atoms with E-state index in [0.717, 1.165) is 11.3 Å². The van der Waals surface area contributed by atoms with E-state index in [9.17, 15) is 4.79 Å². The molecule has 98 valence electrons. The first kappa shape index (κ1) is 12.0. The maximum atomic E-state index is 11.6. The average Bonchev–Trinajstić information content (AvgIpc) is 3.09. The molecule has 4 heteroatoms. The lowest BCUT2D eigenvalue weighted by Crippen LogP contribution is -2.36. The maximum Gasteiger partial charge on any atom is 0.323 e. The van der Waals surface area contributed by atoms with Gasteiger partial charge >= 0.3 is 5.97 Å². The number of ether oxygens (including phenoxy) is 1. The second kappa shape index (κ2) is 5.28. The third kappa shape index (κ3) is 2.53. The van der Waals surface area contributed by atoms with Gasteiger partial charge in [-0.15, -0.1) is 0 Å². The zero-order valence-electron chi connectivity index (χ0n) is 10.4. The lowest BCUT2D eigenvalue weighted by atomic mass is 10.0. The van der Waals surface area contributed by atoms with Crippen LogP contribution in [0, 0.1) is 0 Å². The van der Waals surface area contributed by atoms with E-state index >= 15 is 0 Å². The van der Waals surface area contributed by atoms with Crippen molar-refractivity contribution in [2.24, 2.45) is 0 Å². The second-order valence-electron chi connectivity index (χ2n) is 4.53. The van der Waals surface area contributed by atoms with Crippen LogP contribution in [-0.4, -0.2) is 18.6 Å². The highest BCUT2D eigenvalue weighted by Gasteiger charge is 2.30. The highest BCUT2D eigenvalue weighted by Crippen LogP contribution is 2.24. The number of cyclic esters (lactones) is 1. The van der Waals surface area contributed by atoms with Gasteiger partial charge in [0.1, 0.15) is 11.8 Å². The minimum absolute atomic E-state index is 0.133. The van der Waals surface area contributed by atoms with Crippen molar-refractivity contribution in [2.75, 3.05) is 6.61 Å². The maximum absolute atomic E-state index is 11.6. The third-order valence-corrected chi connectivity index (χ3v) is 3.26. The summed E-state index contributed by atoms with van der Waals surface area (Å²) in [6.45, 7) is 0.482. The standard InChI is InChI=1S/C15H15NO3/c17-15-12(8-10-19-15)16-14(13-7-4-9-18-13)11-5-2-1-3-6-11/h1-7,9,12,14,16H,8,10H2. The zero-order valence-corrected chi connectivity index (χ0v) is 10.4. The molecule has 0 amide bonds. The summed E-state index contributed by atoms with van der Waals surface area (Å²) in [5.41, 5.74) is 1.07. The Hall–Kier alpha value is -2.07. The van der Waals surface area contributed by atoms with Crippen LogP contribution in [0.25, 0.3) is 0 Å². The first-order valence-corrected chi connectivity index (χ1v) is 6.35. The number of carbonyl (C=O) groups is 1. The van der Waals surface area contributed by atoms with E-state index in [2.05, 4.69) is 5.32 Å². The molecule has 3 rings (SSSR count). The highest BCUT2D eigenvalue weighted by molar-refractivity contribution is 5.77. The van der Waals surface area contributed by atoms with Gasteiger partial charge in [-0.1, -0.05) is 30.3 Å². The fraction of sp³-hybridized carbons (Fsp3) is 0.267. The first-order chi connectivity index (χ1) is 9.34. The van der Waals surface area contributed by atoms with E-state index < -0.39 is 0 Å². The van der Waals surface area contributed by atoms with Crippen molar-refractivity contribution < 1.29 is 13.9 Å². The molecule has 2 aromatic rings. The number of hydrogen-bond acceptors (Lipinski definition) is 4. The Kier molecular flexibility index (Phi) is 3.33. The van der Waals surface area contributed by atoms with E-state index in [4.69, 9.17) is 9.15 Å². The van der Waals surface area contributed by atoms with E-state index in [-0.39, 0.29) is 18.1 Å². The highest BCUT2D eigenvalue weighted by atomic mass is 16.5. The molecular weight excluding hydrogens is 242 g/mol. The Morgan fingerprint density at radius 2 is 2.00 bits per heavy atom. The monoisotopic (exact) mass is 257 g/mol. The molecule has 0 spiro atoms. The molecule has 1 N–H and O–H groups in total. The number of rotatable bonds is 4. The Morgan fingerprint density at radius 1 is 1.16 bits per heavy atom. The summed E-state index contributed by atoms with van der Waals surface area (Å²) in [5.74, 6) is 0.610. The summed E-state index contributed by atoms with van der Waals surface area (Å²) in [7, 11) is 0. The summed E-state index contributed by atoms with van der Waals surface area (Å²) < 4.78 is 10.5. The average molecular weight is 257 g/mol. The number of carbonyl (C=O) groups excluding carboxylic acids is 1. The molecule has 1 fully saturated rings. The Labute approximate surface area is 111 Å². The Bertz CT molecular complexity index is 536. The van der Waals surface area contributed by atoms with Crippen molar-refractivity contribution in [1.82, 2.24) is 5.32 Å². The molecule has 1 aromatic carbocycles. The summed E-state index contributed by atoms with van der Waals surface area (Å²) in [6, 6.07) is 13.3. The van der Waals surface area contributed by atoms with E-state index in [1.807, 2.05) is 42.5 Å².